The summed E-state index contributed by atoms with van der Waals surface area (Å²) in [4.78, 5) is 8.58. The maximum atomic E-state index is 6.02. The van der Waals surface area contributed by atoms with Gasteiger partial charge in [0, 0.05) is 22.7 Å². The SMILES string of the molecule is c1ccc(COc2cc(-c3ncn[nH]3)cc(-c3n[nH]c4ccccc34)c2)nc1. The molecule has 0 aliphatic rings. The van der Waals surface area contributed by atoms with Gasteiger partial charge < -0.3 is 4.74 Å². The number of nitrogens with one attached hydrogen (secondary N) is 2. The zero-order valence-corrected chi connectivity index (χ0v) is 14.8. The summed E-state index contributed by atoms with van der Waals surface area (Å²) in [5.41, 5.74) is 4.51. The minimum absolute atomic E-state index is 0.376. The lowest BCUT2D eigenvalue weighted by molar-refractivity contribution is 0.301. The molecule has 0 aliphatic heterocycles. The van der Waals surface area contributed by atoms with E-state index in [2.05, 4.69) is 30.4 Å². The molecule has 136 valence electrons. The summed E-state index contributed by atoms with van der Waals surface area (Å²) in [6.07, 6.45) is 3.24. The Morgan fingerprint density at radius 3 is 2.61 bits per heavy atom. The molecular formula is C21H16N6O. The van der Waals surface area contributed by atoms with E-state index in [9.17, 15) is 0 Å². The Hall–Kier alpha value is -4.00. The van der Waals surface area contributed by atoms with E-state index in [-0.39, 0.29) is 0 Å². The van der Waals surface area contributed by atoms with E-state index in [4.69, 9.17) is 4.74 Å². The maximum Gasteiger partial charge on any atom is 0.155 e. The van der Waals surface area contributed by atoms with Crippen molar-refractivity contribution in [2.45, 2.75) is 6.61 Å². The van der Waals surface area contributed by atoms with Gasteiger partial charge in [0.1, 0.15) is 24.4 Å². The van der Waals surface area contributed by atoms with Crippen LogP contribution >= 0.6 is 0 Å². The molecule has 0 radical (unpaired) electrons. The van der Waals surface area contributed by atoms with E-state index in [0.29, 0.717) is 18.2 Å². The highest BCUT2D eigenvalue weighted by molar-refractivity contribution is 5.93. The smallest absolute Gasteiger partial charge is 0.155 e. The van der Waals surface area contributed by atoms with Gasteiger partial charge in [0.15, 0.2) is 5.82 Å². The first kappa shape index (κ1) is 16.2. The highest BCUT2D eigenvalue weighted by Gasteiger charge is 2.13. The lowest BCUT2D eigenvalue weighted by atomic mass is 10.0. The highest BCUT2D eigenvalue weighted by atomic mass is 16.5. The minimum atomic E-state index is 0.376. The maximum absolute atomic E-state index is 6.02. The third-order valence-corrected chi connectivity index (χ3v) is 4.45. The van der Waals surface area contributed by atoms with Crippen molar-refractivity contribution in [3.8, 4) is 28.4 Å². The molecule has 7 heteroatoms. The molecule has 0 atom stereocenters. The van der Waals surface area contributed by atoms with Crippen molar-refractivity contribution in [1.82, 2.24) is 30.4 Å². The Labute approximate surface area is 160 Å². The van der Waals surface area contributed by atoms with Gasteiger partial charge in [-0.05, 0) is 36.4 Å². The average molecular weight is 368 g/mol. The molecule has 0 bridgehead atoms. The number of fused-ring (bicyclic) bond motifs is 1. The van der Waals surface area contributed by atoms with Crippen LogP contribution in [0.4, 0.5) is 0 Å². The van der Waals surface area contributed by atoms with Crippen LogP contribution in [0.25, 0.3) is 33.5 Å². The lowest BCUT2D eigenvalue weighted by Crippen LogP contribution is -1.98. The van der Waals surface area contributed by atoms with Gasteiger partial charge in [0.05, 0.1) is 11.2 Å². The van der Waals surface area contributed by atoms with Crippen LogP contribution in [0.3, 0.4) is 0 Å². The summed E-state index contributed by atoms with van der Waals surface area (Å²) in [7, 11) is 0. The molecule has 0 fully saturated rings. The molecule has 5 rings (SSSR count). The third-order valence-electron chi connectivity index (χ3n) is 4.45. The van der Waals surface area contributed by atoms with Crippen molar-refractivity contribution in [2.75, 3.05) is 0 Å². The number of pyridine rings is 1. The monoisotopic (exact) mass is 368 g/mol. The van der Waals surface area contributed by atoms with Crippen LogP contribution in [0.2, 0.25) is 0 Å². The second-order valence-corrected chi connectivity index (χ2v) is 6.31. The molecule has 0 saturated carbocycles. The summed E-state index contributed by atoms with van der Waals surface area (Å²) in [6.45, 7) is 0.376. The first-order chi connectivity index (χ1) is 13.9. The van der Waals surface area contributed by atoms with Crippen LogP contribution < -0.4 is 4.74 Å². The number of aromatic amines is 2. The van der Waals surface area contributed by atoms with Gasteiger partial charge in [-0.15, -0.1) is 0 Å². The van der Waals surface area contributed by atoms with Crippen LogP contribution in [-0.4, -0.2) is 30.4 Å². The molecule has 5 aromatic rings. The minimum Gasteiger partial charge on any atom is -0.487 e. The number of aromatic nitrogens is 6. The van der Waals surface area contributed by atoms with Crippen molar-refractivity contribution in [1.29, 1.82) is 0 Å². The van der Waals surface area contributed by atoms with E-state index in [0.717, 1.165) is 33.4 Å². The second-order valence-electron chi connectivity index (χ2n) is 6.31. The Balaban J connectivity index is 1.57. The molecule has 2 aromatic carbocycles. The number of nitrogens with zero attached hydrogens (tertiary/aromatic N) is 4. The predicted molar refractivity (Wildman–Crippen MR) is 105 cm³/mol. The average Bonchev–Trinajstić information content (AvgIpc) is 3.43. The molecular weight excluding hydrogens is 352 g/mol. The normalized spacial score (nSPS) is 11.0. The fourth-order valence-electron chi connectivity index (χ4n) is 3.12. The molecule has 0 saturated heterocycles. The molecule has 3 heterocycles. The second kappa shape index (κ2) is 6.96. The fraction of sp³-hybridized carbons (Fsp3) is 0.0476. The largest absolute Gasteiger partial charge is 0.487 e. The molecule has 0 amide bonds. The Bertz CT molecular complexity index is 1210. The molecule has 0 aliphatic carbocycles. The number of H-pyrrole nitrogens is 2. The topological polar surface area (TPSA) is 92.4 Å². The van der Waals surface area contributed by atoms with E-state index in [1.807, 2.05) is 60.7 Å². The molecule has 2 N–H and O–H groups in total. The van der Waals surface area contributed by atoms with Crippen LogP contribution in [-0.2, 0) is 6.61 Å². The van der Waals surface area contributed by atoms with Gasteiger partial charge in [-0.1, -0.05) is 24.3 Å². The number of rotatable bonds is 5. The van der Waals surface area contributed by atoms with Crippen molar-refractivity contribution >= 4 is 10.9 Å². The zero-order valence-electron chi connectivity index (χ0n) is 14.8. The van der Waals surface area contributed by atoms with Crippen LogP contribution in [0.15, 0.2) is 73.2 Å². The van der Waals surface area contributed by atoms with Crippen molar-refractivity contribution in [3.63, 3.8) is 0 Å². The number of hydrogen-bond acceptors (Lipinski definition) is 5. The van der Waals surface area contributed by atoms with Crippen LogP contribution in [0.5, 0.6) is 5.75 Å². The fourth-order valence-corrected chi connectivity index (χ4v) is 3.12. The van der Waals surface area contributed by atoms with E-state index in [1.165, 1.54) is 6.33 Å². The van der Waals surface area contributed by atoms with Crippen LogP contribution in [0.1, 0.15) is 5.69 Å². The first-order valence-electron chi connectivity index (χ1n) is 8.84. The van der Waals surface area contributed by atoms with Gasteiger partial charge in [-0.3, -0.25) is 15.2 Å². The lowest BCUT2D eigenvalue weighted by Gasteiger charge is -2.10. The third kappa shape index (κ3) is 3.09. The van der Waals surface area contributed by atoms with Crippen LogP contribution in [0, 0.1) is 0 Å². The standard InChI is InChI=1S/C21H16N6O/c1-2-7-19-18(6-1)20(26-25-19)14-9-15(21-23-13-24-27-21)11-17(10-14)28-12-16-5-3-4-8-22-16/h1-11,13H,12H2,(H,25,26)(H,23,24,27). The Morgan fingerprint density at radius 1 is 0.857 bits per heavy atom. The van der Waals surface area contributed by atoms with Crippen molar-refractivity contribution < 1.29 is 4.74 Å². The summed E-state index contributed by atoms with van der Waals surface area (Å²) in [5, 5.41) is 15.5. The molecule has 0 unspecified atom stereocenters. The number of para-hydroxylation sites is 1. The summed E-state index contributed by atoms with van der Waals surface area (Å²) in [5.74, 6) is 1.38. The summed E-state index contributed by atoms with van der Waals surface area (Å²) < 4.78 is 6.02. The molecule has 28 heavy (non-hydrogen) atoms. The zero-order chi connectivity index (χ0) is 18.8. The van der Waals surface area contributed by atoms with Gasteiger partial charge in [-0.25, -0.2) is 4.98 Å². The van der Waals surface area contributed by atoms with Gasteiger partial charge >= 0.3 is 0 Å². The molecule has 3 aromatic heterocycles. The highest BCUT2D eigenvalue weighted by Crippen LogP contribution is 2.33. The first-order valence-corrected chi connectivity index (χ1v) is 8.84. The predicted octanol–water partition coefficient (Wildman–Crippen LogP) is 3.99. The molecule has 0 spiro atoms. The number of benzene rings is 2. The van der Waals surface area contributed by atoms with Crippen molar-refractivity contribution in [2.24, 2.45) is 0 Å². The quantitative estimate of drug-likeness (QED) is 0.489. The van der Waals surface area contributed by atoms with E-state index in [1.54, 1.807) is 6.20 Å². The van der Waals surface area contributed by atoms with Gasteiger partial charge in [0.2, 0.25) is 0 Å². The van der Waals surface area contributed by atoms with Gasteiger partial charge in [-0.2, -0.15) is 10.2 Å². The summed E-state index contributed by atoms with van der Waals surface area (Å²) in [6, 6.07) is 19.7. The van der Waals surface area contributed by atoms with E-state index < -0.39 is 0 Å². The Morgan fingerprint density at radius 2 is 1.75 bits per heavy atom. The van der Waals surface area contributed by atoms with Crippen molar-refractivity contribution in [3.05, 3.63) is 78.9 Å². The van der Waals surface area contributed by atoms with E-state index >= 15 is 0 Å². The number of ether oxygens (including phenoxy) is 1. The van der Waals surface area contributed by atoms with Gasteiger partial charge in [0.25, 0.3) is 0 Å². The summed E-state index contributed by atoms with van der Waals surface area (Å²) >= 11 is 0. The Kier molecular flexibility index (Phi) is 4.02. The molecule has 7 nitrogen and oxygen atoms in total. The number of hydrogen-bond donors (Lipinski definition) is 2.